The topological polar surface area (TPSA) is 49.4 Å². The van der Waals surface area contributed by atoms with Gasteiger partial charge in [0.1, 0.15) is 6.04 Å². The van der Waals surface area contributed by atoms with Gasteiger partial charge in [-0.25, -0.2) is 0 Å². The molecule has 0 unspecified atom stereocenters. The highest BCUT2D eigenvalue weighted by atomic mass is 16.2. The predicted molar refractivity (Wildman–Crippen MR) is 109 cm³/mol. The van der Waals surface area contributed by atoms with Crippen LogP contribution < -0.4 is 5.32 Å². The summed E-state index contributed by atoms with van der Waals surface area (Å²) in [5.41, 5.74) is 4.38. The Morgan fingerprint density at radius 1 is 0.963 bits per heavy atom. The van der Waals surface area contributed by atoms with Gasteiger partial charge < -0.3 is 10.2 Å². The minimum Gasteiger partial charge on any atom is -0.355 e. The lowest BCUT2D eigenvalue weighted by Gasteiger charge is -2.30. The van der Waals surface area contributed by atoms with Crippen LogP contribution in [-0.4, -0.2) is 29.3 Å². The lowest BCUT2D eigenvalue weighted by molar-refractivity contribution is -0.140. The molecule has 0 heterocycles. The van der Waals surface area contributed by atoms with Crippen LogP contribution in [0.3, 0.4) is 0 Å². The van der Waals surface area contributed by atoms with Crippen LogP contribution in [0.1, 0.15) is 42.5 Å². The van der Waals surface area contributed by atoms with Crippen molar-refractivity contribution in [2.24, 2.45) is 0 Å². The first-order valence-corrected chi connectivity index (χ1v) is 9.63. The zero-order valence-corrected chi connectivity index (χ0v) is 16.8. The minimum atomic E-state index is -0.468. The number of carbonyl (C=O) groups is 2. The molecule has 4 heteroatoms. The third-order valence-electron chi connectivity index (χ3n) is 4.86. The molecule has 1 N–H and O–H groups in total. The van der Waals surface area contributed by atoms with Gasteiger partial charge in [-0.2, -0.15) is 0 Å². The summed E-state index contributed by atoms with van der Waals surface area (Å²) >= 11 is 0. The molecular weight excluding hydrogens is 336 g/mol. The van der Waals surface area contributed by atoms with Gasteiger partial charge in [0.05, 0.1) is 6.42 Å². The summed E-state index contributed by atoms with van der Waals surface area (Å²) in [5, 5.41) is 2.87. The quantitative estimate of drug-likeness (QED) is 0.773. The van der Waals surface area contributed by atoms with E-state index in [4.69, 9.17) is 0 Å². The van der Waals surface area contributed by atoms with E-state index >= 15 is 0 Å². The number of hydrogen-bond donors (Lipinski definition) is 1. The molecule has 0 bridgehead atoms. The van der Waals surface area contributed by atoms with Gasteiger partial charge in [-0.05, 0) is 49.4 Å². The van der Waals surface area contributed by atoms with Crippen molar-refractivity contribution < 1.29 is 9.59 Å². The highest BCUT2D eigenvalue weighted by molar-refractivity contribution is 5.88. The molecule has 0 aliphatic rings. The SMILES string of the molecule is CCNC(=O)[C@H](CC)N(Cc1ccccc1)C(=O)Cc1ccc(C)c(C)c1. The number of rotatable bonds is 8. The van der Waals surface area contributed by atoms with E-state index in [0.717, 1.165) is 11.1 Å². The maximum atomic E-state index is 13.2. The molecule has 144 valence electrons. The number of carbonyl (C=O) groups excluding carboxylic acids is 2. The number of benzene rings is 2. The van der Waals surface area contributed by atoms with Crippen LogP contribution in [0.25, 0.3) is 0 Å². The average molecular weight is 367 g/mol. The van der Waals surface area contributed by atoms with Gasteiger partial charge in [0, 0.05) is 13.1 Å². The Balaban J connectivity index is 2.27. The van der Waals surface area contributed by atoms with Crippen molar-refractivity contribution in [2.45, 2.75) is 53.1 Å². The Hall–Kier alpha value is -2.62. The third kappa shape index (κ3) is 5.68. The first-order chi connectivity index (χ1) is 13.0. The molecule has 2 aromatic carbocycles. The van der Waals surface area contributed by atoms with Crippen LogP contribution in [0.4, 0.5) is 0 Å². The normalized spacial score (nSPS) is 11.7. The number of likely N-dealkylation sites (N-methyl/N-ethyl adjacent to an activating group) is 1. The maximum Gasteiger partial charge on any atom is 0.242 e. The van der Waals surface area contributed by atoms with Crippen LogP contribution in [0.2, 0.25) is 0 Å². The fraction of sp³-hybridized carbons (Fsp3) is 0.391. The monoisotopic (exact) mass is 366 g/mol. The van der Waals surface area contributed by atoms with Crippen LogP contribution in [0.15, 0.2) is 48.5 Å². The lowest BCUT2D eigenvalue weighted by Crippen LogP contribution is -2.49. The molecule has 0 radical (unpaired) electrons. The Morgan fingerprint density at radius 2 is 1.67 bits per heavy atom. The molecule has 0 aromatic heterocycles. The standard InChI is InChI=1S/C23H30N2O2/c1-5-21(23(27)24-6-2)25(16-19-10-8-7-9-11-19)22(26)15-20-13-12-17(3)18(4)14-20/h7-14,21H,5-6,15-16H2,1-4H3,(H,24,27)/t21-/m0/s1. The highest BCUT2D eigenvalue weighted by Crippen LogP contribution is 2.16. The molecule has 0 spiro atoms. The largest absolute Gasteiger partial charge is 0.355 e. The van der Waals surface area contributed by atoms with E-state index in [2.05, 4.69) is 25.2 Å². The number of nitrogens with one attached hydrogen (secondary N) is 1. The summed E-state index contributed by atoms with van der Waals surface area (Å²) in [5.74, 6) is -0.121. The molecule has 0 aliphatic heterocycles. The van der Waals surface area contributed by atoms with Gasteiger partial charge in [-0.15, -0.1) is 0 Å². The molecule has 0 fully saturated rings. The van der Waals surface area contributed by atoms with Gasteiger partial charge in [0.15, 0.2) is 0 Å². The van der Waals surface area contributed by atoms with Crippen LogP contribution in [0, 0.1) is 13.8 Å². The number of amides is 2. The smallest absolute Gasteiger partial charge is 0.242 e. The minimum absolute atomic E-state index is 0.0276. The van der Waals surface area contributed by atoms with E-state index in [1.807, 2.05) is 56.3 Å². The van der Waals surface area contributed by atoms with Crippen molar-refractivity contribution in [3.05, 3.63) is 70.8 Å². The highest BCUT2D eigenvalue weighted by Gasteiger charge is 2.28. The second kappa shape index (κ2) is 9.91. The van der Waals surface area contributed by atoms with Crippen LogP contribution in [0.5, 0.6) is 0 Å². The molecule has 0 saturated heterocycles. The molecule has 27 heavy (non-hydrogen) atoms. The van der Waals surface area contributed by atoms with E-state index in [0.29, 0.717) is 25.9 Å². The molecule has 0 aliphatic carbocycles. The van der Waals surface area contributed by atoms with Crippen molar-refractivity contribution in [2.75, 3.05) is 6.54 Å². The van der Waals surface area contributed by atoms with Gasteiger partial charge in [0.2, 0.25) is 11.8 Å². The Kier molecular flexibility index (Phi) is 7.59. The summed E-state index contributed by atoms with van der Waals surface area (Å²) in [6.07, 6.45) is 0.876. The fourth-order valence-corrected chi connectivity index (χ4v) is 3.18. The van der Waals surface area contributed by atoms with Crippen LogP contribution >= 0.6 is 0 Å². The predicted octanol–water partition coefficient (Wildman–Crippen LogP) is 3.79. The van der Waals surface area contributed by atoms with Crippen molar-refractivity contribution in [1.29, 1.82) is 0 Å². The average Bonchev–Trinajstić information content (AvgIpc) is 2.65. The van der Waals surface area contributed by atoms with Crippen molar-refractivity contribution >= 4 is 11.8 Å². The Bertz CT molecular complexity index is 771. The summed E-state index contributed by atoms with van der Waals surface area (Å²) in [4.78, 5) is 27.4. The summed E-state index contributed by atoms with van der Waals surface area (Å²) < 4.78 is 0. The van der Waals surface area contributed by atoms with Crippen molar-refractivity contribution in [3.8, 4) is 0 Å². The van der Waals surface area contributed by atoms with E-state index in [9.17, 15) is 9.59 Å². The molecule has 2 rings (SSSR count). The molecule has 2 amide bonds. The van der Waals surface area contributed by atoms with E-state index in [-0.39, 0.29) is 11.8 Å². The first kappa shape index (κ1) is 20.7. The molecule has 0 saturated carbocycles. The lowest BCUT2D eigenvalue weighted by atomic mass is 10.0. The first-order valence-electron chi connectivity index (χ1n) is 9.63. The summed E-state index contributed by atoms with van der Waals surface area (Å²) in [7, 11) is 0. The molecule has 1 atom stereocenters. The van der Waals surface area contributed by atoms with Crippen molar-refractivity contribution in [3.63, 3.8) is 0 Å². The van der Waals surface area contributed by atoms with E-state index in [1.165, 1.54) is 11.1 Å². The number of aryl methyl sites for hydroxylation is 2. The maximum absolute atomic E-state index is 13.2. The Labute approximate surface area is 162 Å². The molecular formula is C23H30N2O2. The number of hydrogen-bond acceptors (Lipinski definition) is 2. The van der Waals surface area contributed by atoms with Gasteiger partial charge in [0.25, 0.3) is 0 Å². The van der Waals surface area contributed by atoms with Gasteiger partial charge in [-0.1, -0.05) is 55.5 Å². The second-order valence-corrected chi connectivity index (χ2v) is 6.92. The van der Waals surface area contributed by atoms with Crippen molar-refractivity contribution in [1.82, 2.24) is 10.2 Å². The zero-order valence-electron chi connectivity index (χ0n) is 16.8. The van der Waals surface area contributed by atoms with Gasteiger partial charge in [-0.3, -0.25) is 9.59 Å². The molecule has 2 aromatic rings. The number of nitrogens with zero attached hydrogens (tertiary/aromatic N) is 1. The second-order valence-electron chi connectivity index (χ2n) is 6.92. The zero-order chi connectivity index (χ0) is 19.8. The van der Waals surface area contributed by atoms with Gasteiger partial charge >= 0.3 is 0 Å². The summed E-state index contributed by atoms with van der Waals surface area (Å²) in [6.45, 7) is 8.93. The van der Waals surface area contributed by atoms with Crippen LogP contribution in [-0.2, 0) is 22.6 Å². The Morgan fingerprint density at radius 3 is 2.26 bits per heavy atom. The summed E-state index contributed by atoms with van der Waals surface area (Å²) in [6, 6.07) is 15.5. The third-order valence-corrected chi connectivity index (χ3v) is 4.86. The van der Waals surface area contributed by atoms with E-state index < -0.39 is 6.04 Å². The fourth-order valence-electron chi connectivity index (χ4n) is 3.18. The van der Waals surface area contributed by atoms with E-state index in [1.54, 1.807) is 4.90 Å². The molecule has 4 nitrogen and oxygen atoms in total.